The summed E-state index contributed by atoms with van der Waals surface area (Å²) >= 11 is 1.41. The number of carbonyl (C=O) groups is 2. The van der Waals surface area contributed by atoms with Crippen LogP contribution in [0.5, 0.6) is 5.75 Å². The van der Waals surface area contributed by atoms with Gasteiger partial charge in [0.25, 0.3) is 11.8 Å². The predicted molar refractivity (Wildman–Crippen MR) is 176 cm³/mol. The Morgan fingerprint density at radius 3 is 2.22 bits per heavy atom. The van der Waals surface area contributed by atoms with E-state index in [-0.39, 0.29) is 23.2 Å². The summed E-state index contributed by atoms with van der Waals surface area (Å²) in [5.41, 5.74) is 3.05. The number of alkyl halides is 3. The smallest absolute Gasteiger partial charge is 0.405 e. The van der Waals surface area contributed by atoms with E-state index in [0.29, 0.717) is 64.3 Å². The van der Waals surface area contributed by atoms with Crippen molar-refractivity contribution in [1.82, 2.24) is 24.3 Å². The first-order valence-electron chi connectivity index (χ1n) is 16.0. The summed E-state index contributed by atoms with van der Waals surface area (Å²) in [6, 6.07) is 19.7. The van der Waals surface area contributed by atoms with Crippen LogP contribution in [0.15, 0.2) is 78.2 Å². The van der Waals surface area contributed by atoms with Crippen LogP contribution in [0.25, 0.3) is 11.0 Å². The van der Waals surface area contributed by atoms with Gasteiger partial charge in [0.05, 0.1) is 28.1 Å². The Bertz CT molecular complexity index is 1960. The second-order valence-corrected chi connectivity index (χ2v) is 13.0. The number of rotatable bonds is 7. The minimum atomic E-state index is -4.90. The zero-order valence-electron chi connectivity index (χ0n) is 26.3. The van der Waals surface area contributed by atoms with Gasteiger partial charge in [-0.3, -0.25) is 9.59 Å². The summed E-state index contributed by atoms with van der Waals surface area (Å²) in [4.78, 5) is 41.7. The van der Waals surface area contributed by atoms with Crippen LogP contribution in [0.4, 0.5) is 23.5 Å². The van der Waals surface area contributed by atoms with E-state index >= 15 is 0 Å². The van der Waals surface area contributed by atoms with Crippen LogP contribution in [-0.4, -0.2) is 81.8 Å². The monoisotopic (exact) mass is 692 g/mol. The number of anilines is 1. The first-order valence-corrected chi connectivity index (χ1v) is 16.8. The number of halogens is 4. The summed E-state index contributed by atoms with van der Waals surface area (Å²) < 4.78 is 58.3. The van der Waals surface area contributed by atoms with Crippen molar-refractivity contribution in [3.63, 3.8) is 0 Å². The zero-order valence-corrected chi connectivity index (χ0v) is 27.1. The first-order chi connectivity index (χ1) is 23.6. The minimum Gasteiger partial charge on any atom is -0.405 e. The van der Waals surface area contributed by atoms with Gasteiger partial charge in [-0.15, -0.1) is 24.5 Å². The lowest BCUT2D eigenvalue weighted by Gasteiger charge is -2.35. The third kappa shape index (κ3) is 7.09. The zero-order chi connectivity index (χ0) is 34.1. The number of nitrogens with zero attached hydrogens (tertiary/aromatic N) is 6. The molecule has 7 rings (SSSR count). The molecule has 2 aliphatic heterocycles. The number of hydrogen-bond donors (Lipinski definition) is 0. The van der Waals surface area contributed by atoms with Gasteiger partial charge >= 0.3 is 6.36 Å². The molecule has 0 unspecified atom stereocenters. The summed E-state index contributed by atoms with van der Waals surface area (Å²) in [6.07, 6.45) is -3.75. The summed E-state index contributed by atoms with van der Waals surface area (Å²) in [6.45, 7) is 3.38. The van der Waals surface area contributed by atoms with Crippen molar-refractivity contribution in [2.24, 2.45) is 0 Å². The highest BCUT2D eigenvalue weighted by Crippen LogP contribution is 2.33. The number of hydrogen-bond acceptors (Lipinski definition) is 7. The van der Waals surface area contributed by atoms with Crippen LogP contribution >= 0.6 is 11.3 Å². The van der Waals surface area contributed by atoms with E-state index in [1.54, 1.807) is 22.4 Å². The molecule has 2 aromatic heterocycles. The van der Waals surface area contributed by atoms with Gasteiger partial charge in [-0.2, -0.15) is 0 Å². The van der Waals surface area contributed by atoms with E-state index in [9.17, 15) is 27.2 Å². The first kappa shape index (κ1) is 32.6. The molecule has 3 aromatic carbocycles. The van der Waals surface area contributed by atoms with Crippen LogP contribution < -0.4 is 9.64 Å². The Kier molecular flexibility index (Phi) is 8.97. The Morgan fingerprint density at radius 2 is 1.49 bits per heavy atom. The molecule has 254 valence electrons. The van der Waals surface area contributed by atoms with Gasteiger partial charge in [0.2, 0.25) is 5.95 Å². The van der Waals surface area contributed by atoms with Crippen LogP contribution in [0.2, 0.25) is 0 Å². The van der Waals surface area contributed by atoms with Gasteiger partial charge in [-0.25, -0.2) is 14.4 Å². The average molecular weight is 693 g/mol. The molecule has 9 nitrogen and oxygen atoms in total. The lowest BCUT2D eigenvalue weighted by molar-refractivity contribution is -0.274. The molecule has 0 bridgehead atoms. The fraction of sp³-hybridized carbons (Fsp3) is 0.314. The van der Waals surface area contributed by atoms with Crippen LogP contribution in [0, 0.1) is 5.82 Å². The lowest BCUT2D eigenvalue weighted by Crippen LogP contribution is -2.49. The number of para-hydroxylation sites is 3. The molecular weight excluding hydrogens is 660 g/mol. The number of benzene rings is 3. The van der Waals surface area contributed by atoms with Crippen molar-refractivity contribution in [2.75, 3.05) is 44.2 Å². The number of aromatic nitrogens is 3. The number of piperazine rings is 1. The van der Waals surface area contributed by atoms with Gasteiger partial charge in [0, 0.05) is 50.6 Å². The topological polar surface area (TPSA) is 83.8 Å². The van der Waals surface area contributed by atoms with Crippen molar-refractivity contribution in [3.05, 3.63) is 106 Å². The maximum Gasteiger partial charge on any atom is 0.573 e. The van der Waals surface area contributed by atoms with E-state index in [2.05, 4.69) is 19.2 Å². The molecule has 0 atom stereocenters. The van der Waals surface area contributed by atoms with Gasteiger partial charge in [-0.1, -0.05) is 36.4 Å². The van der Waals surface area contributed by atoms with Crippen molar-refractivity contribution >= 4 is 40.1 Å². The number of ether oxygens (including phenoxy) is 1. The standard InChI is InChI=1S/C35H32F4N6O3S/c36-25-11-9-23(10-12-25)21-45-29-7-3-2-6-27(29)41-34(45)44-19-17-43(18-20-44)33(47)28-22-49-31(40-28)24-13-15-42(16-14-24)32(46)26-5-1-4-8-30(26)48-35(37,38)39/h1-12,22,24H,13-21H2. The number of likely N-dealkylation sites (tertiary alicyclic amines) is 1. The maximum atomic E-state index is 13.5. The van der Waals surface area contributed by atoms with Crippen molar-refractivity contribution in [2.45, 2.75) is 31.7 Å². The number of carbonyl (C=O) groups excluding carboxylic acids is 2. The SMILES string of the molecule is O=C(c1csc(C2CCN(C(=O)c3ccccc3OC(F)(F)F)CC2)n1)N1CCN(c2nc3ccccc3n2Cc2ccc(F)cc2)CC1. The second kappa shape index (κ2) is 13.5. The Balaban J connectivity index is 0.966. The van der Waals surface area contributed by atoms with Crippen LogP contribution in [-0.2, 0) is 6.54 Å². The second-order valence-electron chi connectivity index (χ2n) is 12.1. The van der Waals surface area contributed by atoms with Crippen LogP contribution in [0.3, 0.4) is 0 Å². The van der Waals surface area contributed by atoms with Gasteiger partial charge in [0.1, 0.15) is 17.3 Å². The number of imidazole rings is 1. The fourth-order valence-electron chi connectivity index (χ4n) is 6.43. The number of piperidine rings is 1. The van der Waals surface area contributed by atoms with E-state index in [0.717, 1.165) is 33.6 Å². The summed E-state index contributed by atoms with van der Waals surface area (Å²) in [5.74, 6) is -0.630. The normalized spacial score (nSPS) is 16.0. The molecule has 2 saturated heterocycles. The van der Waals surface area contributed by atoms with E-state index in [4.69, 9.17) is 4.98 Å². The highest BCUT2D eigenvalue weighted by atomic mass is 32.1. The number of thiazole rings is 1. The average Bonchev–Trinajstić information content (AvgIpc) is 3.74. The Labute approximate surface area is 283 Å². The molecular formula is C35H32F4N6O3S. The van der Waals surface area contributed by atoms with Crippen molar-refractivity contribution in [3.8, 4) is 5.75 Å². The van der Waals surface area contributed by atoms with Gasteiger partial charge < -0.3 is 24.0 Å². The molecule has 14 heteroatoms. The lowest BCUT2D eigenvalue weighted by atomic mass is 9.97. The molecule has 0 spiro atoms. The number of fused-ring (bicyclic) bond motifs is 1. The third-order valence-corrected chi connectivity index (χ3v) is 9.96. The van der Waals surface area contributed by atoms with E-state index in [1.165, 1.54) is 46.6 Å². The van der Waals surface area contributed by atoms with E-state index in [1.807, 2.05) is 24.3 Å². The molecule has 5 aromatic rings. The fourth-order valence-corrected chi connectivity index (χ4v) is 7.40. The van der Waals surface area contributed by atoms with Crippen molar-refractivity contribution < 1.29 is 31.9 Å². The predicted octanol–water partition coefficient (Wildman–Crippen LogP) is 6.56. The van der Waals surface area contributed by atoms with Gasteiger partial charge in [0.15, 0.2) is 0 Å². The molecule has 0 N–H and O–H groups in total. The Morgan fingerprint density at radius 1 is 0.816 bits per heavy atom. The summed E-state index contributed by atoms with van der Waals surface area (Å²) in [5, 5.41) is 2.58. The Hall–Kier alpha value is -4.98. The third-order valence-electron chi connectivity index (χ3n) is 8.95. The quantitative estimate of drug-likeness (QED) is 0.180. The molecule has 49 heavy (non-hydrogen) atoms. The maximum absolute atomic E-state index is 13.5. The highest BCUT2D eigenvalue weighted by Gasteiger charge is 2.35. The van der Waals surface area contributed by atoms with Crippen molar-refractivity contribution in [1.29, 1.82) is 0 Å². The van der Waals surface area contributed by atoms with E-state index < -0.39 is 18.0 Å². The molecule has 0 radical (unpaired) electrons. The molecule has 2 aliphatic rings. The molecule has 0 saturated carbocycles. The largest absolute Gasteiger partial charge is 0.573 e. The molecule has 2 amide bonds. The number of amides is 2. The molecule has 2 fully saturated rings. The molecule has 0 aliphatic carbocycles. The molecule has 4 heterocycles. The highest BCUT2D eigenvalue weighted by molar-refractivity contribution is 7.09. The van der Waals surface area contributed by atoms with Crippen LogP contribution in [0.1, 0.15) is 50.2 Å². The summed E-state index contributed by atoms with van der Waals surface area (Å²) in [7, 11) is 0. The minimum absolute atomic E-state index is 0.0308. The van der Waals surface area contributed by atoms with Gasteiger partial charge in [-0.05, 0) is 54.8 Å².